The molecule has 0 spiro atoms. The zero-order valence-corrected chi connectivity index (χ0v) is 8.66. The van der Waals surface area contributed by atoms with Crippen LogP contribution in [0.1, 0.15) is 18.5 Å². The Labute approximate surface area is 86.3 Å². The van der Waals surface area contributed by atoms with Gasteiger partial charge < -0.3 is 17.2 Å². The molecule has 0 fully saturated rings. The van der Waals surface area contributed by atoms with Crippen molar-refractivity contribution in [3.8, 4) is 0 Å². The molecule has 0 aromatic carbocycles. The Kier molecular flexibility index (Phi) is 3.47. The summed E-state index contributed by atoms with van der Waals surface area (Å²) in [6.45, 7) is 1.93. The maximum Gasteiger partial charge on any atom is 0.219 e. The van der Waals surface area contributed by atoms with Gasteiger partial charge in [-0.25, -0.2) is 4.99 Å². The lowest BCUT2D eigenvalue weighted by Gasteiger charge is -2.03. The first-order valence-corrected chi connectivity index (χ1v) is 4.99. The zero-order chi connectivity index (χ0) is 10.6. The summed E-state index contributed by atoms with van der Waals surface area (Å²) in [6, 6.07) is 1.96. The number of nitrogens with two attached hydrogens (primary N) is 3. The van der Waals surface area contributed by atoms with Gasteiger partial charge in [0.2, 0.25) is 5.96 Å². The highest BCUT2D eigenvalue weighted by Crippen LogP contribution is 2.18. The van der Waals surface area contributed by atoms with Crippen LogP contribution in [0.4, 0.5) is 0 Å². The minimum absolute atomic E-state index is 0.0238. The summed E-state index contributed by atoms with van der Waals surface area (Å²) in [5.41, 5.74) is 16.9. The van der Waals surface area contributed by atoms with Crippen molar-refractivity contribution in [2.45, 2.75) is 13.0 Å². The van der Waals surface area contributed by atoms with E-state index < -0.39 is 0 Å². The van der Waals surface area contributed by atoms with Gasteiger partial charge in [-0.3, -0.25) is 0 Å². The largest absolute Gasteiger partial charge is 0.370 e. The van der Waals surface area contributed by atoms with Gasteiger partial charge in [0.05, 0.1) is 6.04 Å². The Morgan fingerprint density at radius 1 is 1.43 bits per heavy atom. The normalized spacial score (nSPS) is 13.6. The fourth-order valence-electron chi connectivity index (χ4n) is 0.947. The lowest BCUT2D eigenvalue weighted by atomic mass is 10.2. The van der Waals surface area contributed by atoms with Crippen molar-refractivity contribution in [2.24, 2.45) is 27.2 Å². The molecule has 0 bridgehead atoms. The Balaban J connectivity index is 2.73. The predicted octanol–water partition coefficient (Wildman–Crippen LogP) is 0.397. The third-order valence-corrected chi connectivity index (χ3v) is 2.30. The van der Waals surface area contributed by atoms with Gasteiger partial charge in [-0.05, 0) is 29.3 Å². The molecule has 0 saturated heterocycles. The van der Waals surface area contributed by atoms with Crippen molar-refractivity contribution in [3.63, 3.8) is 0 Å². The van der Waals surface area contributed by atoms with Gasteiger partial charge in [0.1, 0.15) is 0 Å². The van der Waals surface area contributed by atoms with Gasteiger partial charge in [-0.2, -0.15) is 16.3 Å². The molecule has 76 valence electrons. The smallest absolute Gasteiger partial charge is 0.219 e. The molecular formula is C8H13N5S. The van der Waals surface area contributed by atoms with E-state index in [9.17, 15) is 0 Å². The van der Waals surface area contributed by atoms with Gasteiger partial charge in [0.15, 0.2) is 5.96 Å². The number of hydrogen-bond acceptors (Lipinski definition) is 2. The molecule has 1 atom stereocenters. The predicted molar refractivity (Wildman–Crippen MR) is 60.2 cm³/mol. The van der Waals surface area contributed by atoms with E-state index in [0.29, 0.717) is 0 Å². The van der Waals surface area contributed by atoms with E-state index in [1.165, 1.54) is 0 Å². The summed E-state index contributed by atoms with van der Waals surface area (Å²) in [5, 5.41) is 4.00. The molecule has 1 aromatic heterocycles. The maximum absolute atomic E-state index is 5.49. The van der Waals surface area contributed by atoms with Gasteiger partial charge in [-0.15, -0.1) is 0 Å². The van der Waals surface area contributed by atoms with Gasteiger partial charge in [-0.1, -0.05) is 0 Å². The van der Waals surface area contributed by atoms with E-state index in [1.54, 1.807) is 11.3 Å². The summed E-state index contributed by atoms with van der Waals surface area (Å²) in [7, 11) is 0. The van der Waals surface area contributed by atoms with Crippen LogP contribution in [0, 0.1) is 0 Å². The Bertz CT molecular complexity index is 337. The van der Waals surface area contributed by atoms with Crippen LogP contribution in [-0.2, 0) is 0 Å². The monoisotopic (exact) mass is 211 g/mol. The van der Waals surface area contributed by atoms with Crippen LogP contribution >= 0.6 is 11.3 Å². The molecule has 1 heterocycles. The number of thiophene rings is 1. The van der Waals surface area contributed by atoms with Crippen molar-refractivity contribution >= 4 is 23.3 Å². The van der Waals surface area contributed by atoms with E-state index in [1.807, 2.05) is 23.8 Å². The Morgan fingerprint density at radius 2 is 2.14 bits per heavy atom. The van der Waals surface area contributed by atoms with Crippen LogP contribution in [0.25, 0.3) is 0 Å². The van der Waals surface area contributed by atoms with Crippen LogP contribution < -0.4 is 17.2 Å². The molecule has 0 radical (unpaired) electrons. The number of hydrogen-bond donors (Lipinski definition) is 3. The molecule has 0 aliphatic heterocycles. The Hall–Kier alpha value is -1.56. The number of guanidine groups is 2. The fraction of sp³-hybridized carbons (Fsp3) is 0.250. The van der Waals surface area contributed by atoms with Crippen LogP contribution in [0.15, 0.2) is 26.8 Å². The quantitative estimate of drug-likeness (QED) is 0.487. The SMILES string of the molecule is CC(N=C(N)N=C(N)N)c1ccsc1. The lowest BCUT2D eigenvalue weighted by Crippen LogP contribution is -2.26. The van der Waals surface area contributed by atoms with Crippen molar-refractivity contribution in [2.75, 3.05) is 0 Å². The average Bonchev–Trinajstić information content (AvgIpc) is 2.53. The molecule has 1 unspecified atom stereocenters. The number of aliphatic imine (C=N–C) groups is 2. The first-order chi connectivity index (χ1) is 6.59. The minimum Gasteiger partial charge on any atom is -0.370 e. The third kappa shape index (κ3) is 3.06. The Morgan fingerprint density at radius 3 is 2.64 bits per heavy atom. The summed E-state index contributed by atoms with van der Waals surface area (Å²) in [5.74, 6) is 0.0208. The molecular weight excluding hydrogens is 198 g/mol. The van der Waals surface area contributed by atoms with Crippen LogP contribution in [-0.4, -0.2) is 11.9 Å². The van der Waals surface area contributed by atoms with Crippen LogP contribution in [0.3, 0.4) is 0 Å². The highest BCUT2D eigenvalue weighted by Gasteiger charge is 2.03. The minimum atomic E-state index is -0.0798. The summed E-state index contributed by atoms with van der Waals surface area (Å²) < 4.78 is 0. The van der Waals surface area contributed by atoms with Crippen molar-refractivity contribution in [1.82, 2.24) is 0 Å². The maximum atomic E-state index is 5.49. The topological polar surface area (TPSA) is 103 Å². The molecule has 1 aromatic rings. The third-order valence-electron chi connectivity index (χ3n) is 1.60. The number of rotatable bonds is 2. The number of nitrogens with zero attached hydrogens (tertiary/aromatic N) is 2. The van der Waals surface area contributed by atoms with Crippen molar-refractivity contribution < 1.29 is 0 Å². The molecule has 14 heavy (non-hydrogen) atoms. The molecule has 6 N–H and O–H groups in total. The molecule has 6 heteroatoms. The second-order valence-corrected chi connectivity index (χ2v) is 3.54. The first-order valence-electron chi connectivity index (χ1n) is 4.04. The fourth-order valence-corrected chi connectivity index (χ4v) is 1.69. The van der Waals surface area contributed by atoms with Gasteiger partial charge in [0.25, 0.3) is 0 Å². The van der Waals surface area contributed by atoms with E-state index in [4.69, 9.17) is 17.2 Å². The van der Waals surface area contributed by atoms with Crippen LogP contribution in [0.2, 0.25) is 0 Å². The first kappa shape index (κ1) is 10.5. The van der Waals surface area contributed by atoms with Gasteiger partial charge >= 0.3 is 0 Å². The van der Waals surface area contributed by atoms with E-state index in [2.05, 4.69) is 9.98 Å². The highest BCUT2D eigenvalue weighted by atomic mass is 32.1. The average molecular weight is 211 g/mol. The second kappa shape index (κ2) is 4.61. The van der Waals surface area contributed by atoms with E-state index in [0.717, 1.165) is 5.56 Å². The van der Waals surface area contributed by atoms with Gasteiger partial charge in [0, 0.05) is 0 Å². The molecule has 0 aliphatic carbocycles. The van der Waals surface area contributed by atoms with Crippen molar-refractivity contribution in [3.05, 3.63) is 22.4 Å². The molecule has 0 aliphatic rings. The second-order valence-electron chi connectivity index (χ2n) is 2.76. The summed E-state index contributed by atoms with van der Waals surface area (Å²) in [4.78, 5) is 7.74. The molecule has 0 amide bonds. The van der Waals surface area contributed by atoms with E-state index in [-0.39, 0.29) is 18.0 Å². The molecule has 0 saturated carbocycles. The standard InChI is InChI=1S/C8H13N5S/c1-5(6-2-3-14-4-6)12-8(11)13-7(9)10/h2-5H,1H3,(H6,9,10,11,12,13). The zero-order valence-electron chi connectivity index (χ0n) is 7.84. The van der Waals surface area contributed by atoms with E-state index >= 15 is 0 Å². The highest BCUT2D eigenvalue weighted by molar-refractivity contribution is 7.07. The van der Waals surface area contributed by atoms with Crippen LogP contribution in [0.5, 0.6) is 0 Å². The molecule has 5 nitrogen and oxygen atoms in total. The van der Waals surface area contributed by atoms with Crippen molar-refractivity contribution in [1.29, 1.82) is 0 Å². The molecule has 1 rings (SSSR count). The lowest BCUT2D eigenvalue weighted by molar-refractivity contribution is 0.820. The summed E-state index contributed by atoms with van der Waals surface area (Å²) >= 11 is 1.61. The summed E-state index contributed by atoms with van der Waals surface area (Å²) in [6.07, 6.45) is 0.